The van der Waals surface area contributed by atoms with Gasteiger partial charge in [-0.1, -0.05) is 6.07 Å². The van der Waals surface area contributed by atoms with Crippen LogP contribution in [0.15, 0.2) is 17.5 Å². The lowest BCUT2D eigenvalue weighted by Crippen LogP contribution is -2.61. The van der Waals surface area contributed by atoms with E-state index in [1.54, 1.807) is 17.5 Å². The molecule has 1 saturated heterocycles. The maximum Gasteiger partial charge on any atom is 0.438 e. The number of nitrogens with two attached hydrogens (primary N) is 1. The molecule has 18 heavy (non-hydrogen) atoms. The summed E-state index contributed by atoms with van der Waals surface area (Å²) < 4.78 is 38.5. The van der Waals surface area contributed by atoms with E-state index in [9.17, 15) is 23.1 Å². The third kappa shape index (κ3) is 1.93. The van der Waals surface area contributed by atoms with E-state index in [2.05, 4.69) is 5.43 Å². The van der Waals surface area contributed by atoms with E-state index in [-0.39, 0.29) is 5.01 Å². The van der Waals surface area contributed by atoms with Crippen molar-refractivity contribution in [3.05, 3.63) is 22.4 Å². The van der Waals surface area contributed by atoms with Crippen LogP contribution in [0, 0.1) is 0 Å². The molecule has 1 aliphatic rings. The van der Waals surface area contributed by atoms with E-state index in [1.165, 1.54) is 11.3 Å². The van der Waals surface area contributed by atoms with Gasteiger partial charge in [-0.3, -0.25) is 0 Å². The number of hydrazine groups is 1. The number of alkyl halides is 3. The van der Waals surface area contributed by atoms with E-state index < -0.39 is 30.4 Å². The van der Waals surface area contributed by atoms with Crippen LogP contribution in [0.2, 0.25) is 0 Å². The van der Waals surface area contributed by atoms with E-state index in [1.807, 2.05) is 0 Å². The van der Waals surface area contributed by atoms with Crippen molar-refractivity contribution in [1.29, 1.82) is 0 Å². The predicted molar refractivity (Wildman–Crippen MR) is 57.2 cm³/mol. The molecule has 5 nitrogen and oxygen atoms in total. The lowest BCUT2D eigenvalue weighted by atomic mass is 10.0. The van der Waals surface area contributed by atoms with Crippen molar-refractivity contribution in [2.45, 2.75) is 24.4 Å². The van der Waals surface area contributed by atoms with Gasteiger partial charge in [0, 0.05) is 11.3 Å². The summed E-state index contributed by atoms with van der Waals surface area (Å²) in [5.41, 5.74) is 3.86. The minimum absolute atomic E-state index is 0.0391. The lowest BCUT2D eigenvalue weighted by molar-refractivity contribution is -0.299. The molecule has 2 atom stereocenters. The number of thiophene rings is 1. The number of primary amides is 1. The zero-order valence-electron chi connectivity index (χ0n) is 8.94. The summed E-state index contributed by atoms with van der Waals surface area (Å²) in [6.45, 7) is 0. The molecule has 1 fully saturated rings. The Labute approximate surface area is 104 Å². The number of urea groups is 1. The molecule has 2 heterocycles. The molecular formula is C9H10F3N3O2S. The van der Waals surface area contributed by atoms with Gasteiger partial charge >= 0.3 is 12.2 Å². The van der Waals surface area contributed by atoms with Crippen molar-refractivity contribution >= 4 is 17.4 Å². The quantitative estimate of drug-likeness (QED) is 0.726. The number of amides is 2. The second-order valence-electron chi connectivity index (χ2n) is 3.89. The summed E-state index contributed by atoms with van der Waals surface area (Å²) in [5, 5.41) is 11.4. The van der Waals surface area contributed by atoms with Gasteiger partial charge < -0.3 is 10.8 Å². The van der Waals surface area contributed by atoms with Crippen molar-refractivity contribution in [3.63, 3.8) is 0 Å². The second kappa shape index (κ2) is 4.11. The van der Waals surface area contributed by atoms with Crippen LogP contribution in [-0.4, -0.2) is 28.0 Å². The third-order valence-corrected chi connectivity index (χ3v) is 3.69. The predicted octanol–water partition coefficient (Wildman–Crippen LogP) is 1.33. The molecule has 1 aromatic heterocycles. The minimum Gasteiger partial charge on any atom is -0.362 e. The fraction of sp³-hybridized carbons (Fsp3) is 0.444. The monoisotopic (exact) mass is 281 g/mol. The highest BCUT2D eigenvalue weighted by Crippen LogP contribution is 2.44. The molecule has 0 spiro atoms. The van der Waals surface area contributed by atoms with Crippen LogP contribution >= 0.6 is 11.3 Å². The normalized spacial score (nSPS) is 28.7. The van der Waals surface area contributed by atoms with E-state index >= 15 is 0 Å². The van der Waals surface area contributed by atoms with Crippen LogP contribution in [0.4, 0.5) is 18.0 Å². The lowest BCUT2D eigenvalue weighted by Gasteiger charge is -2.32. The maximum absolute atomic E-state index is 12.8. The van der Waals surface area contributed by atoms with Gasteiger partial charge in [-0.2, -0.15) is 13.2 Å². The summed E-state index contributed by atoms with van der Waals surface area (Å²) in [5.74, 6) is 0. The number of carbonyl (C=O) groups is 1. The van der Waals surface area contributed by atoms with Gasteiger partial charge in [0.25, 0.3) is 5.72 Å². The summed E-state index contributed by atoms with van der Waals surface area (Å²) in [6.07, 6.45) is -5.68. The topological polar surface area (TPSA) is 78.6 Å². The average Bonchev–Trinajstić information content (AvgIpc) is 2.82. The van der Waals surface area contributed by atoms with Gasteiger partial charge in [0.2, 0.25) is 0 Å². The third-order valence-electron chi connectivity index (χ3n) is 2.70. The fourth-order valence-corrected chi connectivity index (χ4v) is 2.60. The first kappa shape index (κ1) is 13.1. The molecular weight excluding hydrogens is 271 g/mol. The highest BCUT2D eigenvalue weighted by atomic mass is 32.1. The molecule has 1 aromatic rings. The van der Waals surface area contributed by atoms with Crippen LogP contribution in [0.5, 0.6) is 0 Å². The Balaban J connectivity index is 2.33. The Morgan fingerprint density at radius 2 is 2.33 bits per heavy atom. The summed E-state index contributed by atoms with van der Waals surface area (Å²) >= 11 is 1.23. The molecule has 1 aliphatic heterocycles. The summed E-state index contributed by atoms with van der Waals surface area (Å²) in [4.78, 5) is 11.6. The Morgan fingerprint density at radius 1 is 1.67 bits per heavy atom. The molecule has 2 rings (SSSR count). The Bertz CT molecular complexity index is 450. The number of aliphatic hydroxyl groups is 1. The first-order chi connectivity index (χ1) is 8.25. The van der Waals surface area contributed by atoms with Crippen molar-refractivity contribution in [2.24, 2.45) is 5.73 Å². The zero-order chi connectivity index (χ0) is 13.6. The number of nitrogens with zero attached hydrogens (tertiary/aromatic N) is 1. The van der Waals surface area contributed by atoms with Gasteiger partial charge in [0.05, 0.1) is 6.04 Å². The van der Waals surface area contributed by atoms with Gasteiger partial charge in [0.15, 0.2) is 0 Å². The summed E-state index contributed by atoms with van der Waals surface area (Å²) in [7, 11) is 0. The molecule has 0 radical (unpaired) electrons. The van der Waals surface area contributed by atoms with Crippen LogP contribution < -0.4 is 11.2 Å². The first-order valence-electron chi connectivity index (χ1n) is 4.94. The van der Waals surface area contributed by atoms with Crippen LogP contribution in [0.25, 0.3) is 0 Å². The van der Waals surface area contributed by atoms with Crippen molar-refractivity contribution < 1.29 is 23.1 Å². The average molecular weight is 281 g/mol. The SMILES string of the molecule is NC(=O)N1N[C@@H](c2cccs2)C[C@@]1(O)C(F)(F)F. The van der Waals surface area contributed by atoms with Gasteiger partial charge in [-0.25, -0.2) is 15.2 Å². The van der Waals surface area contributed by atoms with Crippen LogP contribution in [-0.2, 0) is 0 Å². The molecule has 0 unspecified atom stereocenters. The zero-order valence-corrected chi connectivity index (χ0v) is 9.76. The molecule has 0 bridgehead atoms. The number of hydrogen-bond donors (Lipinski definition) is 3. The first-order valence-corrected chi connectivity index (χ1v) is 5.82. The standard InChI is InChI=1S/C9H10F3N3O2S/c10-9(11,12)8(17)4-5(6-2-1-3-18-6)14-15(8)7(13)16/h1-3,5,14,17H,4H2,(H2,13,16)/t5-,8-/m1/s1. The number of nitrogens with one attached hydrogen (secondary N) is 1. The van der Waals surface area contributed by atoms with Gasteiger partial charge in [-0.15, -0.1) is 11.3 Å². The summed E-state index contributed by atoms with van der Waals surface area (Å²) in [6, 6.07) is 1.10. The molecule has 100 valence electrons. The van der Waals surface area contributed by atoms with Crippen molar-refractivity contribution in [3.8, 4) is 0 Å². The number of hydrogen-bond acceptors (Lipinski definition) is 4. The van der Waals surface area contributed by atoms with Gasteiger partial charge in [-0.05, 0) is 11.4 Å². The Kier molecular flexibility index (Phi) is 2.99. The smallest absolute Gasteiger partial charge is 0.362 e. The molecule has 2 amide bonds. The minimum atomic E-state index is -4.99. The van der Waals surface area contributed by atoms with Crippen LogP contribution in [0.3, 0.4) is 0 Å². The highest BCUT2D eigenvalue weighted by Gasteiger charge is 2.64. The second-order valence-corrected chi connectivity index (χ2v) is 4.87. The molecule has 0 aliphatic carbocycles. The van der Waals surface area contributed by atoms with Gasteiger partial charge in [0.1, 0.15) is 0 Å². The number of halogens is 3. The fourth-order valence-electron chi connectivity index (χ4n) is 1.83. The maximum atomic E-state index is 12.8. The van der Waals surface area contributed by atoms with E-state index in [0.717, 1.165) is 0 Å². The highest BCUT2D eigenvalue weighted by molar-refractivity contribution is 7.10. The van der Waals surface area contributed by atoms with Crippen molar-refractivity contribution in [1.82, 2.24) is 10.4 Å². The van der Waals surface area contributed by atoms with Crippen molar-refractivity contribution in [2.75, 3.05) is 0 Å². The molecule has 0 aromatic carbocycles. The molecule has 4 N–H and O–H groups in total. The largest absolute Gasteiger partial charge is 0.438 e. The number of rotatable bonds is 1. The number of carbonyl (C=O) groups excluding carboxylic acids is 1. The van der Waals surface area contributed by atoms with E-state index in [0.29, 0.717) is 4.88 Å². The van der Waals surface area contributed by atoms with E-state index in [4.69, 9.17) is 5.73 Å². The Hall–Kier alpha value is -1.32. The Morgan fingerprint density at radius 3 is 2.72 bits per heavy atom. The molecule has 9 heteroatoms. The van der Waals surface area contributed by atoms with Crippen LogP contribution in [0.1, 0.15) is 17.3 Å². The molecule has 0 saturated carbocycles.